The Morgan fingerprint density at radius 3 is 2.79 bits per heavy atom. The van der Waals surface area contributed by atoms with Crippen molar-refractivity contribution in [3.63, 3.8) is 0 Å². The lowest BCUT2D eigenvalue weighted by Crippen LogP contribution is -2.34. The number of nitrogens with one attached hydrogen (secondary N) is 2. The van der Waals surface area contributed by atoms with E-state index in [1.165, 1.54) is 0 Å². The molecule has 0 aliphatic rings. The highest BCUT2D eigenvalue weighted by Gasteiger charge is 2.14. The molecule has 33 heavy (non-hydrogen) atoms. The molecule has 2 aromatic carbocycles. The number of carbonyl (C=O) groups is 1. The molecular weight excluding hydrogens is 434 g/mol. The van der Waals surface area contributed by atoms with Crippen molar-refractivity contribution >= 4 is 33.8 Å². The molecule has 0 spiro atoms. The van der Waals surface area contributed by atoms with E-state index < -0.39 is 0 Å². The fourth-order valence-electron chi connectivity index (χ4n) is 3.67. The average molecular weight is 462 g/mol. The standard InChI is InChI=1S/C25H27N5O2S/c1-3-4-12-30(14-23-28-21-11-6-5-10-20(21)25(32)29-23)15-24(31)27-19-9-7-8-18(13-19)22-16-33-17(2)26-22/h5-11,13,16H,3-4,12,14-15H2,1-2H3,(H,27,31)(H,28,29,32). The first kappa shape index (κ1) is 22.8. The van der Waals surface area contributed by atoms with Crippen LogP contribution in [0.5, 0.6) is 0 Å². The van der Waals surface area contributed by atoms with Gasteiger partial charge in [0.15, 0.2) is 0 Å². The van der Waals surface area contributed by atoms with Gasteiger partial charge in [0, 0.05) is 16.6 Å². The highest BCUT2D eigenvalue weighted by atomic mass is 32.1. The molecule has 7 nitrogen and oxygen atoms in total. The van der Waals surface area contributed by atoms with Crippen molar-refractivity contribution in [3.8, 4) is 11.3 Å². The molecule has 2 aromatic heterocycles. The molecular formula is C25H27N5O2S. The van der Waals surface area contributed by atoms with Crippen LogP contribution in [-0.4, -0.2) is 38.8 Å². The van der Waals surface area contributed by atoms with E-state index in [1.807, 2.05) is 59.7 Å². The third kappa shape index (κ3) is 5.91. The lowest BCUT2D eigenvalue weighted by molar-refractivity contribution is -0.117. The second-order valence-electron chi connectivity index (χ2n) is 7.97. The van der Waals surface area contributed by atoms with E-state index in [0.717, 1.165) is 41.3 Å². The fourth-order valence-corrected chi connectivity index (χ4v) is 4.30. The van der Waals surface area contributed by atoms with E-state index >= 15 is 0 Å². The molecule has 1 amide bonds. The van der Waals surface area contributed by atoms with Crippen molar-refractivity contribution in [2.75, 3.05) is 18.4 Å². The number of unbranched alkanes of at least 4 members (excludes halogenated alkanes) is 1. The zero-order chi connectivity index (χ0) is 23.2. The molecule has 0 unspecified atom stereocenters. The largest absolute Gasteiger partial charge is 0.325 e. The summed E-state index contributed by atoms with van der Waals surface area (Å²) in [6.45, 7) is 5.42. The zero-order valence-corrected chi connectivity index (χ0v) is 19.6. The van der Waals surface area contributed by atoms with Gasteiger partial charge >= 0.3 is 0 Å². The molecule has 0 radical (unpaired) electrons. The summed E-state index contributed by atoms with van der Waals surface area (Å²) in [5.74, 6) is 0.448. The monoisotopic (exact) mass is 461 g/mol. The molecule has 0 bridgehead atoms. The van der Waals surface area contributed by atoms with Crippen molar-refractivity contribution in [2.24, 2.45) is 0 Å². The van der Waals surface area contributed by atoms with Gasteiger partial charge in [-0.1, -0.05) is 37.6 Å². The molecule has 0 saturated carbocycles. The summed E-state index contributed by atoms with van der Waals surface area (Å²) < 4.78 is 0. The van der Waals surface area contributed by atoms with Gasteiger partial charge in [0.25, 0.3) is 5.56 Å². The molecule has 0 aliphatic carbocycles. The van der Waals surface area contributed by atoms with Crippen LogP contribution in [0.2, 0.25) is 0 Å². The van der Waals surface area contributed by atoms with Gasteiger partial charge in [-0.05, 0) is 44.2 Å². The number of aryl methyl sites for hydroxylation is 1. The molecule has 0 atom stereocenters. The number of amides is 1. The number of para-hydroxylation sites is 1. The number of anilines is 1. The SMILES string of the molecule is CCCCN(CC(=O)Nc1cccc(-c2csc(C)n2)c1)Cc1nc2ccccc2c(=O)[nH]1. The molecule has 4 aromatic rings. The number of aromatic amines is 1. The smallest absolute Gasteiger partial charge is 0.258 e. The van der Waals surface area contributed by atoms with Gasteiger partial charge < -0.3 is 10.3 Å². The fraction of sp³-hybridized carbons (Fsp3) is 0.280. The Kier molecular flexibility index (Phi) is 7.26. The first-order valence-corrected chi connectivity index (χ1v) is 11.9. The number of H-pyrrole nitrogens is 1. The topological polar surface area (TPSA) is 91.0 Å². The van der Waals surface area contributed by atoms with Crippen LogP contribution >= 0.6 is 11.3 Å². The zero-order valence-electron chi connectivity index (χ0n) is 18.8. The number of hydrogen-bond acceptors (Lipinski definition) is 6. The summed E-state index contributed by atoms with van der Waals surface area (Å²) >= 11 is 1.60. The second-order valence-corrected chi connectivity index (χ2v) is 9.04. The van der Waals surface area contributed by atoms with E-state index in [1.54, 1.807) is 17.4 Å². The van der Waals surface area contributed by atoms with Crippen LogP contribution in [0.25, 0.3) is 22.2 Å². The van der Waals surface area contributed by atoms with Gasteiger partial charge in [0.05, 0.1) is 34.7 Å². The van der Waals surface area contributed by atoms with Gasteiger partial charge in [-0.25, -0.2) is 9.97 Å². The van der Waals surface area contributed by atoms with Gasteiger partial charge in [-0.3, -0.25) is 14.5 Å². The van der Waals surface area contributed by atoms with Gasteiger partial charge in [0.2, 0.25) is 5.91 Å². The summed E-state index contributed by atoms with van der Waals surface area (Å²) in [5, 5.41) is 6.58. The molecule has 4 rings (SSSR count). The van der Waals surface area contributed by atoms with Gasteiger partial charge in [-0.15, -0.1) is 11.3 Å². The minimum Gasteiger partial charge on any atom is -0.325 e. The van der Waals surface area contributed by atoms with Crippen LogP contribution in [0.15, 0.2) is 58.7 Å². The van der Waals surface area contributed by atoms with E-state index in [-0.39, 0.29) is 18.0 Å². The highest BCUT2D eigenvalue weighted by Crippen LogP contribution is 2.24. The van der Waals surface area contributed by atoms with Crippen molar-refractivity contribution in [3.05, 3.63) is 75.1 Å². The number of thiazole rings is 1. The van der Waals surface area contributed by atoms with Gasteiger partial charge in [-0.2, -0.15) is 0 Å². The van der Waals surface area contributed by atoms with Crippen LogP contribution < -0.4 is 10.9 Å². The predicted molar refractivity (Wildman–Crippen MR) is 133 cm³/mol. The first-order chi connectivity index (χ1) is 16.0. The Hall–Kier alpha value is -3.36. The van der Waals surface area contributed by atoms with E-state index in [0.29, 0.717) is 23.3 Å². The number of hydrogen-bond donors (Lipinski definition) is 2. The number of fused-ring (bicyclic) bond motifs is 1. The normalized spacial score (nSPS) is 11.2. The molecule has 2 N–H and O–H groups in total. The molecule has 2 heterocycles. The maximum Gasteiger partial charge on any atom is 0.258 e. The van der Waals surface area contributed by atoms with E-state index in [4.69, 9.17) is 0 Å². The minimum atomic E-state index is -0.162. The summed E-state index contributed by atoms with van der Waals surface area (Å²) in [5.41, 5.74) is 3.10. The Morgan fingerprint density at radius 1 is 1.15 bits per heavy atom. The number of nitrogens with zero attached hydrogens (tertiary/aromatic N) is 3. The lowest BCUT2D eigenvalue weighted by Gasteiger charge is -2.21. The molecule has 0 saturated heterocycles. The number of benzene rings is 2. The minimum absolute atomic E-state index is 0.110. The summed E-state index contributed by atoms with van der Waals surface area (Å²) in [7, 11) is 0. The quantitative estimate of drug-likeness (QED) is 0.380. The first-order valence-electron chi connectivity index (χ1n) is 11.0. The number of aromatic nitrogens is 3. The van der Waals surface area contributed by atoms with E-state index in [9.17, 15) is 9.59 Å². The van der Waals surface area contributed by atoms with Crippen LogP contribution in [0.3, 0.4) is 0 Å². The highest BCUT2D eigenvalue weighted by molar-refractivity contribution is 7.09. The lowest BCUT2D eigenvalue weighted by atomic mass is 10.1. The van der Waals surface area contributed by atoms with Crippen LogP contribution in [0.4, 0.5) is 5.69 Å². The second kappa shape index (κ2) is 10.5. The van der Waals surface area contributed by atoms with Gasteiger partial charge in [0.1, 0.15) is 5.82 Å². The van der Waals surface area contributed by atoms with E-state index in [2.05, 4.69) is 27.2 Å². The predicted octanol–water partition coefficient (Wildman–Crippen LogP) is 4.60. The number of carbonyl (C=O) groups excluding carboxylic acids is 1. The Bertz CT molecular complexity index is 1310. The van der Waals surface area contributed by atoms with Crippen LogP contribution in [0, 0.1) is 6.92 Å². The Balaban J connectivity index is 1.46. The van der Waals surface area contributed by atoms with Crippen molar-refractivity contribution in [1.29, 1.82) is 0 Å². The maximum absolute atomic E-state index is 12.8. The summed E-state index contributed by atoms with van der Waals surface area (Å²) in [6, 6.07) is 15.0. The van der Waals surface area contributed by atoms with Crippen molar-refractivity contribution in [1.82, 2.24) is 19.9 Å². The third-order valence-electron chi connectivity index (χ3n) is 5.29. The third-order valence-corrected chi connectivity index (χ3v) is 6.07. The molecule has 0 fully saturated rings. The molecule has 8 heteroatoms. The van der Waals surface area contributed by atoms with Crippen LogP contribution in [-0.2, 0) is 11.3 Å². The number of rotatable bonds is 9. The summed E-state index contributed by atoms with van der Waals surface area (Å²) in [6.07, 6.45) is 1.96. The summed E-state index contributed by atoms with van der Waals surface area (Å²) in [4.78, 5) is 39.2. The Labute approximate surface area is 196 Å². The Morgan fingerprint density at radius 2 is 2.00 bits per heavy atom. The van der Waals surface area contributed by atoms with Crippen molar-refractivity contribution < 1.29 is 4.79 Å². The van der Waals surface area contributed by atoms with Crippen LogP contribution in [0.1, 0.15) is 30.6 Å². The average Bonchev–Trinajstić information content (AvgIpc) is 3.24. The maximum atomic E-state index is 12.8. The molecule has 170 valence electrons. The molecule has 0 aliphatic heterocycles. The van der Waals surface area contributed by atoms with Crippen molar-refractivity contribution in [2.45, 2.75) is 33.2 Å².